The summed E-state index contributed by atoms with van der Waals surface area (Å²) in [4.78, 5) is 11.5. The van der Waals surface area contributed by atoms with Crippen molar-refractivity contribution in [2.24, 2.45) is 5.92 Å². The lowest BCUT2D eigenvalue weighted by atomic mass is 10.0. The second-order valence-corrected chi connectivity index (χ2v) is 5.05. The molecule has 1 saturated carbocycles. The Balaban J connectivity index is 2.45. The number of carbonyl (C=O) groups excluding carboxylic acids is 1. The summed E-state index contributed by atoms with van der Waals surface area (Å²) in [5.41, 5.74) is -0.554. The van der Waals surface area contributed by atoms with Gasteiger partial charge in [0.2, 0.25) is 0 Å². The fourth-order valence-corrected chi connectivity index (χ4v) is 2.40. The second kappa shape index (κ2) is 4.97. The molecule has 1 aliphatic rings. The largest absolute Gasteiger partial charge is 0.468 e. The van der Waals surface area contributed by atoms with Gasteiger partial charge in [0.1, 0.15) is 5.54 Å². The van der Waals surface area contributed by atoms with Gasteiger partial charge in [0.05, 0.1) is 7.11 Å². The van der Waals surface area contributed by atoms with E-state index in [1.54, 1.807) is 0 Å². The minimum atomic E-state index is -0.554. The topological polar surface area (TPSA) is 38.3 Å². The highest BCUT2D eigenvalue weighted by Gasteiger charge is 2.33. The molecule has 0 radical (unpaired) electrons. The standard InChI is InChI=1S/C12H23NO2/c1-5-9-6-7-10(8-9)13-12(2,3)11(14)15-4/h9-10,13H,5-8H2,1-4H3. The summed E-state index contributed by atoms with van der Waals surface area (Å²) >= 11 is 0. The van der Waals surface area contributed by atoms with Gasteiger partial charge in [0.25, 0.3) is 0 Å². The maximum Gasteiger partial charge on any atom is 0.325 e. The van der Waals surface area contributed by atoms with Gasteiger partial charge < -0.3 is 4.74 Å². The first-order chi connectivity index (χ1) is 6.99. The van der Waals surface area contributed by atoms with Crippen LogP contribution in [0.3, 0.4) is 0 Å². The molecule has 0 aromatic carbocycles. The molecule has 0 spiro atoms. The lowest BCUT2D eigenvalue weighted by Gasteiger charge is -2.27. The summed E-state index contributed by atoms with van der Waals surface area (Å²) in [6.07, 6.45) is 4.90. The zero-order valence-electron chi connectivity index (χ0n) is 10.3. The van der Waals surface area contributed by atoms with Crippen molar-refractivity contribution >= 4 is 5.97 Å². The minimum Gasteiger partial charge on any atom is -0.468 e. The maximum absolute atomic E-state index is 11.5. The van der Waals surface area contributed by atoms with Crippen LogP contribution in [0.5, 0.6) is 0 Å². The second-order valence-electron chi connectivity index (χ2n) is 5.05. The Morgan fingerprint density at radius 1 is 1.47 bits per heavy atom. The number of hydrogen-bond acceptors (Lipinski definition) is 3. The molecule has 1 N–H and O–H groups in total. The maximum atomic E-state index is 11.5. The molecule has 1 aliphatic carbocycles. The fourth-order valence-electron chi connectivity index (χ4n) is 2.40. The van der Waals surface area contributed by atoms with Crippen molar-refractivity contribution in [3.63, 3.8) is 0 Å². The Labute approximate surface area is 92.6 Å². The van der Waals surface area contributed by atoms with E-state index in [1.165, 1.54) is 32.8 Å². The fraction of sp³-hybridized carbons (Fsp3) is 0.917. The highest BCUT2D eigenvalue weighted by molar-refractivity contribution is 5.79. The summed E-state index contributed by atoms with van der Waals surface area (Å²) in [6.45, 7) is 6.01. The van der Waals surface area contributed by atoms with Crippen LogP contribution < -0.4 is 5.32 Å². The normalized spacial score (nSPS) is 26.7. The zero-order valence-corrected chi connectivity index (χ0v) is 10.3. The molecule has 1 rings (SSSR count). The molecule has 0 saturated heterocycles. The van der Waals surface area contributed by atoms with Crippen LogP contribution in [-0.4, -0.2) is 24.7 Å². The van der Waals surface area contributed by atoms with Gasteiger partial charge in [-0.05, 0) is 39.0 Å². The van der Waals surface area contributed by atoms with E-state index in [4.69, 9.17) is 4.74 Å². The first-order valence-electron chi connectivity index (χ1n) is 5.85. The van der Waals surface area contributed by atoms with Crippen molar-refractivity contribution in [3.8, 4) is 0 Å². The van der Waals surface area contributed by atoms with Gasteiger partial charge in [-0.2, -0.15) is 0 Å². The summed E-state index contributed by atoms with van der Waals surface area (Å²) < 4.78 is 4.78. The Morgan fingerprint density at radius 3 is 2.60 bits per heavy atom. The first kappa shape index (κ1) is 12.5. The number of esters is 1. The highest BCUT2D eigenvalue weighted by Crippen LogP contribution is 2.29. The van der Waals surface area contributed by atoms with E-state index >= 15 is 0 Å². The van der Waals surface area contributed by atoms with Gasteiger partial charge in [-0.3, -0.25) is 10.1 Å². The Hall–Kier alpha value is -0.570. The molecule has 0 bridgehead atoms. The summed E-state index contributed by atoms with van der Waals surface area (Å²) in [5.74, 6) is 0.651. The Kier molecular flexibility index (Phi) is 4.14. The van der Waals surface area contributed by atoms with Gasteiger partial charge in [-0.25, -0.2) is 0 Å². The number of ether oxygens (including phenoxy) is 1. The van der Waals surface area contributed by atoms with Crippen molar-refractivity contribution in [1.82, 2.24) is 5.32 Å². The van der Waals surface area contributed by atoms with E-state index in [0.29, 0.717) is 6.04 Å². The van der Waals surface area contributed by atoms with Crippen LogP contribution in [0.15, 0.2) is 0 Å². The third kappa shape index (κ3) is 3.20. The number of methoxy groups -OCH3 is 1. The van der Waals surface area contributed by atoms with Gasteiger partial charge in [0, 0.05) is 6.04 Å². The van der Waals surface area contributed by atoms with Crippen molar-refractivity contribution in [2.75, 3.05) is 7.11 Å². The molecular formula is C12H23NO2. The van der Waals surface area contributed by atoms with Crippen LogP contribution in [0.4, 0.5) is 0 Å². The average molecular weight is 213 g/mol. The molecule has 0 aromatic heterocycles. The van der Waals surface area contributed by atoms with Gasteiger partial charge in [0.15, 0.2) is 0 Å². The van der Waals surface area contributed by atoms with Crippen molar-refractivity contribution < 1.29 is 9.53 Å². The number of nitrogens with one attached hydrogen (secondary N) is 1. The number of hydrogen-bond donors (Lipinski definition) is 1. The van der Waals surface area contributed by atoms with Crippen LogP contribution in [0.25, 0.3) is 0 Å². The van der Waals surface area contributed by atoms with Crippen molar-refractivity contribution in [3.05, 3.63) is 0 Å². The van der Waals surface area contributed by atoms with Crippen LogP contribution in [0.2, 0.25) is 0 Å². The SMILES string of the molecule is CCC1CCC(NC(C)(C)C(=O)OC)C1. The number of carbonyl (C=O) groups is 1. The molecule has 0 amide bonds. The Morgan fingerprint density at radius 2 is 2.13 bits per heavy atom. The van der Waals surface area contributed by atoms with Gasteiger partial charge in [-0.15, -0.1) is 0 Å². The van der Waals surface area contributed by atoms with E-state index in [-0.39, 0.29) is 5.97 Å². The lowest BCUT2D eigenvalue weighted by Crippen LogP contribution is -2.51. The predicted molar refractivity (Wildman–Crippen MR) is 60.7 cm³/mol. The molecule has 15 heavy (non-hydrogen) atoms. The molecule has 0 aromatic rings. The third-order valence-electron chi connectivity index (χ3n) is 3.38. The van der Waals surface area contributed by atoms with Gasteiger partial charge in [-0.1, -0.05) is 13.3 Å². The number of rotatable bonds is 4. The quantitative estimate of drug-likeness (QED) is 0.727. The highest BCUT2D eigenvalue weighted by atomic mass is 16.5. The predicted octanol–water partition coefficient (Wildman–Crippen LogP) is 2.11. The van der Waals surface area contributed by atoms with Crippen molar-refractivity contribution in [2.45, 2.75) is 58.0 Å². The minimum absolute atomic E-state index is 0.178. The van der Waals surface area contributed by atoms with Crippen molar-refractivity contribution in [1.29, 1.82) is 0 Å². The molecular weight excluding hydrogens is 190 g/mol. The monoisotopic (exact) mass is 213 g/mol. The van der Waals surface area contributed by atoms with E-state index in [2.05, 4.69) is 12.2 Å². The summed E-state index contributed by atoms with van der Waals surface area (Å²) in [6, 6.07) is 0.476. The molecule has 1 fully saturated rings. The molecule has 2 unspecified atom stereocenters. The molecule has 0 heterocycles. The van der Waals surface area contributed by atoms with E-state index in [0.717, 1.165) is 5.92 Å². The molecule has 0 aliphatic heterocycles. The van der Waals surface area contributed by atoms with E-state index in [9.17, 15) is 4.79 Å². The molecule has 3 nitrogen and oxygen atoms in total. The molecule has 88 valence electrons. The average Bonchev–Trinajstić information content (AvgIpc) is 2.63. The summed E-state index contributed by atoms with van der Waals surface area (Å²) in [5, 5.41) is 3.40. The van der Waals surface area contributed by atoms with Crippen LogP contribution in [0.1, 0.15) is 46.5 Å². The van der Waals surface area contributed by atoms with E-state index in [1.807, 2.05) is 13.8 Å². The van der Waals surface area contributed by atoms with Crippen LogP contribution in [-0.2, 0) is 9.53 Å². The van der Waals surface area contributed by atoms with E-state index < -0.39 is 5.54 Å². The zero-order chi connectivity index (χ0) is 11.5. The van der Waals surface area contributed by atoms with Crippen LogP contribution >= 0.6 is 0 Å². The third-order valence-corrected chi connectivity index (χ3v) is 3.38. The summed E-state index contributed by atoms with van der Waals surface area (Å²) in [7, 11) is 1.44. The lowest BCUT2D eigenvalue weighted by molar-refractivity contribution is -0.147. The first-order valence-corrected chi connectivity index (χ1v) is 5.85. The Bertz CT molecular complexity index is 226. The van der Waals surface area contributed by atoms with Gasteiger partial charge >= 0.3 is 5.97 Å². The van der Waals surface area contributed by atoms with Crippen LogP contribution in [0, 0.1) is 5.92 Å². The smallest absolute Gasteiger partial charge is 0.325 e. The molecule has 3 heteroatoms. The molecule has 2 atom stereocenters.